The third-order valence-corrected chi connectivity index (χ3v) is 8.16. The largest absolute Gasteiger partial charge is 0.419 e. The van der Waals surface area contributed by atoms with Gasteiger partial charge < -0.3 is 4.74 Å². The number of carbonyl (C=O) groups is 1. The average Bonchev–Trinajstić information content (AvgIpc) is 3.43. The lowest BCUT2D eigenvalue weighted by atomic mass is 9.66. The van der Waals surface area contributed by atoms with Crippen LogP contribution in [0.25, 0.3) is 10.5 Å². The van der Waals surface area contributed by atoms with Crippen LogP contribution in [0.4, 0.5) is 16.2 Å². The van der Waals surface area contributed by atoms with Crippen molar-refractivity contribution >= 4 is 23.1 Å². The molecule has 0 spiro atoms. The fourth-order valence-corrected chi connectivity index (χ4v) is 6.04. The van der Waals surface area contributed by atoms with E-state index in [9.17, 15) is 4.79 Å². The van der Waals surface area contributed by atoms with Crippen molar-refractivity contribution in [3.63, 3.8) is 0 Å². The SMILES string of the molecule is [C-]#[N+]c1c(CC2C(C)CC(CCCC)CC2C)c2nc(C(C)C)[nH]n2c1OC(=O)N(C)c1ccccc1. The summed E-state index contributed by atoms with van der Waals surface area (Å²) in [6.45, 7) is 19.2. The van der Waals surface area contributed by atoms with Gasteiger partial charge in [0.25, 0.3) is 5.69 Å². The number of fused-ring (bicyclic) bond motifs is 1. The number of unbranched alkanes of at least 4 members (excludes halogenated alkanes) is 1. The Balaban J connectivity index is 1.68. The molecule has 7 heteroatoms. The molecule has 198 valence electrons. The summed E-state index contributed by atoms with van der Waals surface area (Å²) in [7, 11) is 1.67. The molecule has 0 radical (unpaired) electrons. The van der Waals surface area contributed by atoms with Crippen LogP contribution in [-0.2, 0) is 6.42 Å². The summed E-state index contributed by atoms with van der Waals surface area (Å²) in [6, 6.07) is 9.35. The zero-order chi connectivity index (χ0) is 26.7. The first kappa shape index (κ1) is 26.8. The number of nitrogens with zero attached hydrogens (tertiary/aromatic N) is 4. The van der Waals surface area contributed by atoms with E-state index in [-0.39, 0.29) is 11.8 Å². The number of benzene rings is 1. The Bertz CT molecular complexity index is 1240. The van der Waals surface area contributed by atoms with Gasteiger partial charge in [0, 0.05) is 24.2 Å². The maximum Gasteiger partial charge on any atom is 0.419 e. The first-order chi connectivity index (χ1) is 17.7. The van der Waals surface area contributed by atoms with E-state index in [0.717, 1.165) is 29.4 Å². The second-order valence-corrected chi connectivity index (χ2v) is 11.2. The molecule has 0 aliphatic heterocycles. The lowest BCUT2D eigenvalue weighted by Gasteiger charge is -2.39. The summed E-state index contributed by atoms with van der Waals surface area (Å²) in [4.78, 5) is 23.4. The number of aromatic nitrogens is 3. The van der Waals surface area contributed by atoms with Crippen LogP contribution >= 0.6 is 0 Å². The molecule has 3 aromatic rings. The van der Waals surface area contributed by atoms with E-state index < -0.39 is 6.09 Å². The van der Waals surface area contributed by atoms with Gasteiger partial charge >= 0.3 is 6.09 Å². The van der Waals surface area contributed by atoms with E-state index >= 15 is 0 Å². The van der Waals surface area contributed by atoms with Crippen molar-refractivity contribution in [3.8, 4) is 5.88 Å². The Hall–Kier alpha value is -3.27. The third kappa shape index (κ3) is 5.53. The molecule has 0 saturated heterocycles. The van der Waals surface area contributed by atoms with Crippen molar-refractivity contribution in [2.24, 2.45) is 23.7 Å². The zero-order valence-electron chi connectivity index (χ0n) is 23.1. The number of amides is 1. The van der Waals surface area contributed by atoms with Crippen molar-refractivity contribution in [2.75, 3.05) is 11.9 Å². The lowest BCUT2D eigenvalue weighted by molar-refractivity contribution is 0.121. The molecule has 1 fully saturated rings. The van der Waals surface area contributed by atoms with Gasteiger partial charge in [-0.15, -0.1) is 0 Å². The number of para-hydroxylation sites is 1. The summed E-state index contributed by atoms with van der Waals surface area (Å²) in [5, 5.41) is 3.30. The summed E-state index contributed by atoms with van der Waals surface area (Å²) in [6.07, 6.45) is 6.56. The van der Waals surface area contributed by atoms with E-state index in [1.54, 1.807) is 11.6 Å². The number of nitrogens with one attached hydrogen (secondary N) is 1. The third-order valence-electron chi connectivity index (χ3n) is 8.16. The molecular formula is C30H41N5O2. The van der Waals surface area contributed by atoms with Gasteiger partial charge in [0.15, 0.2) is 0 Å². The minimum absolute atomic E-state index is 0.173. The smallest absolute Gasteiger partial charge is 0.401 e. The normalized spacial score (nSPS) is 21.8. The molecule has 2 atom stereocenters. The monoisotopic (exact) mass is 503 g/mol. The predicted molar refractivity (Wildman–Crippen MR) is 149 cm³/mol. The van der Waals surface area contributed by atoms with E-state index in [2.05, 4.69) is 44.6 Å². The van der Waals surface area contributed by atoms with Crippen molar-refractivity contribution < 1.29 is 9.53 Å². The van der Waals surface area contributed by atoms with Gasteiger partial charge in [-0.3, -0.25) is 10.00 Å². The van der Waals surface area contributed by atoms with Crippen LogP contribution in [0, 0.1) is 30.2 Å². The summed E-state index contributed by atoms with van der Waals surface area (Å²) < 4.78 is 7.61. The van der Waals surface area contributed by atoms with Gasteiger partial charge in [-0.1, -0.05) is 72.1 Å². The summed E-state index contributed by atoms with van der Waals surface area (Å²) in [5.41, 5.74) is 2.70. The summed E-state index contributed by atoms with van der Waals surface area (Å²) in [5.74, 6) is 3.59. The Morgan fingerprint density at radius 2 is 1.92 bits per heavy atom. The van der Waals surface area contributed by atoms with Crippen LogP contribution in [0.3, 0.4) is 0 Å². The fraction of sp³-hybridized carbons (Fsp3) is 0.567. The number of ether oxygens (including phenoxy) is 1. The predicted octanol–water partition coefficient (Wildman–Crippen LogP) is 8.00. The first-order valence-corrected chi connectivity index (χ1v) is 13.8. The maximum absolute atomic E-state index is 13.1. The van der Waals surface area contributed by atoms with E-state index in [0.29, 0.717) is 29.1 Å². The van der Waals surface area contributed by atoms with Crippen molar-refractivity contribution in [2.45, 2.75) is 79.1 Å². The minimum atomic E-state index is -0.541. The number of aromatic amines is 1. The number of H-pyrrole nitrogens is 1. The van der Waals surface area contributed by atoms with Crippen LogP contribution < -0.4 is 9.64 Å². The number of rotatable bonds is 8. The van der Waals surface area contributed by atoms with E-state index in [1.807, 2.05) is 30.3 Å². The number of hydrogen-bond acceptors (Lipinski definition) is 3. The van der Waals surface area contributed by atoms with Gasteiger partial charge in [-0.05, 0) is 55.1 Å². The van der Waals surface area contributed by atoms with Crippen LogP contribution in [0.5, 0.6) is 5.88 Å². The molecule has 1 saturated carbocycles. The van der Waals surface area contributed by atoms with Crippen LogP contribution in [0.1, 0.15) is 84.0 Å². The fourth-order valence-electron chi connectivity index (χ4n) is 6.04. The number of carbonyl (C=O) groups excluding carboxylic acids is 1. The van der Waals surface area contributed by atoms with Crippen molar-refractivity contribution in [1.82, 2.24) is 14.6 Å². The number of anilines is 1. The molecular weight excluding hydrogens is 462 g/mol. The molecule has 1 amide bonds. The lowest BCUT2D eigenvalue weighted by Crippen LogP contribution is -2.31. The molecule has 1 aromatic carbocycles. The molecule has 1 N–H and O–H groups in total. The molecule has 7 nitrogen and oxygen atoms in total. The second-order valence-electron chi connectivity index (χ2n) is 11.2. The Morgan fingerprint density at radius 3 is 2.51 bits per heavy atom. The Morgan fingerprint density at radius 1 is 1.24 bits per heavy atom. The van der Waals surface area contributed by atoms with Gasteiger partial charge in [0.1, 0.15) is 11.5 Å². The molecule has 2 aromatic heterocycles. The topological polar surface area (TPSA) is 67.0 Å². The first-order valence-electron chi connectivity index (χ1n) is 13.8. The molecule has 1 aliphatic rings. The average molecular weight is 504 g/mol. The van der Waals surface area contributed by atoms with Gasteiger partial charge in [0.05, 0.1) is 6.57 Å². The van der Waals surface area contributed by atoms with Gasteiger partial charge in [0.2, 0.25) is 5.88 Å². The van der Waals surface area contributed by atoms with E-state index in [1.165, 1.54) is 37.0 Å². The minimum Gasteiger partial charge on any atom is -0.401 e. The highest BCUT2D eigenvalue weighted by molar-refractivity contribution is 5.90. The van der Waals surface area contributed by atoms with Crippen molar-refractivity contribution in [3.05, 3.63) is 53.1 Å². The molecule has 4 rings (SSSR count). The van der Waals surface area contributed by atoms with Crippen LogP contribution in [0.2, 0.25) is 0 Å². The molecule has 0 bridgehead atoms. The Labute approximate surface area is 221 Å². The van der Waals surface area contributed by atoms with Crippen molar-refractivity contribution in [1.29, 1.82) is 0 Å². The van der Waals surface area contributed by atoms with Gasteiger partial charge in [-0.25, -0.2) is 19.1 Å². The highest BCUT2D eigenvalue weighted by atomic mass is 16.6. The molecule has 37 heavy (non-hydrogen) atoms. The highest BCUT2D eigenvalue weighted by Crippen LogP contribution is 2.45. The maximum atomic E-state index is 13.1. The Kier molecular flexibility index (Phi) is 8.26. The van der Waals surface area contributed by atoms with Crippen LogP contribution in [0.15, 0.2) is 30.3 Å². The zero-order valence-corrected chi connectivity index (χ0v) is 23.1. The van der Waals surface area contributed by atoms with E-state index in [4.69, 9.17) is 16.3 Å². The summed E-state index contributed by atoms with van der Waals surface area (Å²) >= 11 is 0. The molecule has 1 aliphatic carbocycles. The standard InChI is InChI=1S/C30H41N5O2/c1-8-9-13-22-16-20(4)24(21(5)17-22)18-25-26(31-6)29(35-28(25)32-27(33-35)19(2)3)37-30(36)34(7)23-14-11-10-12-15-23/h10-12,14-15,19-22,24H,8-9,13,16-18H2,1-5,7H3,(H,32,33). The number of hydrogen-bond donors (Lipinski definition) is 1. The quantitative estimate of drug-likeness (QED) is 0.317. The van der Waals surface area contributed by atoms with Crippen LogP contribution in [-0.4, -0.2) is 27.7 Å². The van der Waals surface area contributed by atoms with Gasteiger partial charge in [-0.2, -0.15) is 0 Å². The molecule has 2 unspecified atom stereocenters. The highest BCUT2D eigenvalue weighted by Gasteiger charge is 2.36. The second kappa shape index (κ2) is 11.4. The molecule has 2 heterocycles.